The topological polar surface area (TPSA) is 101 Å². The molecule has 22 heavy (non-hydrogen) atoms. The molecule has 8 heteroatoms. The Morgan fingerprint density at radius 2 is 2.18 bits per heavy atom. The average molecular weight is 304 g/mol. The highest BCUT2D eigenvalue weighted by atomic mass is 16.2. The fourth-order valence-electron chi connectivity index (χ4n) is 3.01. The fourth-order valence-corrected chi connectivity index (χ4v) is 3.01. The summed E-state index contributed by atoms with van der Waals surface area (Å²) in [5, 5.41) is 14.8. The van der Waals surface area contributed by atoms with Crippen LogP contribution in [0.15, 0.2) is 11.4 Å². The molecule has 1 aromatic rings. The quantitative estimate of drug-likeness (QED) is 0.860. The first-order valence-electron chi connectivity index (χ1n) is 7.71. The van der Waals surface area contributed by atoms with Crippen molar-refractivity contribution in [1.29, 1.82) is 0 Å². The number of hydrogen-bond acceptors (Lipinski definition) is 5. The number of hydrogen-bond donors (Lipinski definition) is 2. The number of aromatic nitrogens is 3. The maximum atomic E-state index is 12.2. The van der Waals surface area contributed by atoms with Crippen LogP contribution >= 0.6 is 0 Å². The first kappa shape index (κ1) is 14.7. The van der Waals surface area contributed by atoms with E-state index in [2.05, 4.69) is 30.6 Å². The summed E-state index contributed by atoms with van der Waals surface area (Å²) in [6.45, 7) is 1.88. The van der Waals surface area contributed by atoms with Gasteiger partial charge in [0.2, 0.25) is 5.91 Å². The van der Waals surface area contributed by atoms with Crippen molar-refractivity contribution >= 4 is 17.5 Å². The SMILES string of the molecule is C[C@H](NC(=O)C1=NNC(=O)CC1)c1nncn1C1CCCC1. The molecule has 2 aliphatic rings. The predicted molar refractivity (Wildman–Crippen MR) is 78.9 cm³/mol. The zero-order chi connectivity index (χ0) is 15.5. The monoisotopic (exact) mass is 304 g/mol. The summed E-state index contributed by atoms with van der Waals surface area (Å²) in [5.41, 5.74) is 2.68. The second-order valence-electron chi connectivity index (χ2n) is 5.82. The molecule has 1 aliphatic heterocycles. The van der Waals surface area contributed by atoms with Crippen LogP contribution < -0.4 is 10.7 Å². The van der Waals surface area contributed by atoms with Crippen molar-refractivity contribution in [3.63, 3.8) is 0 Å². The minimum Gasteiger partial charge on any atom is -0.341 e. The van der Waals surface area contributed by atoms with E-state index in [1.54, 1.807) is 6.33 Å². The molecule has 0 saturated heterocycles. The highest BCUT2D eigenvalue weighted by molar-refractivity contribution is 6.39. The van der Waals surface area contributed by atoms with Gasteiger partial charge in [-0.2, -0.15) is 5.10 Å². The second-order valence-corrected chi connectivity index (χ2v) is 5.82. The lowest BCUT2D eigenvalue weighted by Crippen LogP contribution is -2.38. The first-order chi connectivity index (χ1) is 10.6. The summed E-state index contributed by atoms with van der Waals surface area (Å²) in [7, 11) is 0. The van der Waals surface area contributed by atoms with E-state index in [9.17, 15) is 9.59 Å². The smallest absolute Gasteiger partial charge is 0.268 e. The number of hydrazone groups is 1. The zero-order valence-electron chi connectivity index (χ0n) is 12.6. The van der Waals surface area contributed by atoms with Crippen molar-refractivity contribution < 1.29 is 9.59 Å². The molecule has 118 valence electrons. The van der Waals surface area contributed by atoms with Crippen molar-refractivity contribution in [2.45, 2.75) is 57.5 Å². The molecule has 0 spiro atoms. The normalized spacial score (nSPS) is 20.4. The van der Waals surface area contributed by atoms with Crippen molar-refractivity contribution in [2.24, 2.45) is 5.10 Å². The van der Waals surface area contributed by atoms with Crippen LogP contribution in [0.4, 0.5) is 0 Å². The fraction of sp³-hybridized carbons (Fsp3) is 0.643. The summed E-state index contributed by atoms with van der Waals surface area (Å²) in [6.07, 6.45) is 7.10. The van der Waals surface area contributed by atoms with E-state index in [-0.39, 0.29) is 17.9 Å². The van der Waals surface area contributed by atoms with Crippen molar-refractivity contribution in [3.8, 4) is 0 Å². The maximum absolute atomic E-state index is 12.2. The summed E-state index contributed by atoms with van der Waals surface area (Å²) >= 11 is 0. The second kappa shape index (κ2) is 6.25. The summed E-state index contributed by atoms with van der Waals surface area (Å²) < 4.78 is 2.07. The van der Waals surface area contributed by atoms with Crippen LogP contribution in [0.3, 0.4) is 0 Å². The molecule has 1 saturated carbocycles. The maximum Gasteiger partial charge on any atom is 0.268 e. The Morgan fingerprint density at radius 3 is 2.86 bits per heavy atom. The van der Waals surface area contributed by atoms with Gasteiger partial charge in [0.25, 0.3) is 5.91 Å². The van der Waals surface area contributed by atoms with Crippen molar-refractivity contribution in [1.82, 2.24) is 25.5 Å². The van der Waals surface area contributed by atoms with Crippen LogP contribution in [-0.4, -0.2) is 32.3 Å². The highest BCUT2D eigenvalue weighted by Gasteiger charge is 2.25. The van der Waals surface area contributed by atoms with Crippen LogP contribution in [0.1, 0.15) is 63.4 Å². The third-order valence-corrected chi connectivity index (χ3v) is 4.22. The van der Waals surface area contributed by atoms with Crippen LogP contribution in [0, 0.1) is 0 Å². The van der Waals surface area contributed by atoms with E-state index < -0.39 is 0 Å². The molecular formula is C14H20N6O2. The number of carbonyl (C=O) groups is 2. The van der Waals surface area contributed by atoms with Crippen molar-refractivity contribution in [3.05, 3.63) is 12.2 Å². The van der Waals surface area contributed by atoms with Gasteiger partial charge in [-0.25, -0.2) is 5.43 Å². The molecule has 3 rings (SSSR count). The Hall–Kier alpha value is -2.25. The van der Waals surface area contributed by atoms with Gasteiger partial charge in [0.05, 0.1) is 6.04 Å². The van der Waals surface area contributed by atoms with Gasteiger partial charge in [0.15, 0.2) is 5.82 Å². The van der Waals surface area contributed by atoms with Crippen LogP contribution in [0.2, 0.25) is 0 Å². The lowest BCUT2D eigenvalue weighted by atomic mass is 10.1. The van der Waals surface area contributed by atoms with E-state index in [1.807, 2.05) is 6.92 Å². The van der Waals surface area contributed by atoms with Gasteiger partial charge in [-0.1, -0.05) is 12.8 Å². The molecular weight excluding hydrogens is 284 g/mol. The number of rotatable bonds is 4. The van der Waals surface area contributed by atoms with E-state index in [4.69, 9.17) is 0 Å². The Balaban J connectivity index is 1.67. The molecule has 0 unspecified atom stereocenters. The van der Waals surface area contributed by atoms with E-state index >= 15 is 0 Å². The predicted octanol–water partition coefficient (Wildman–Crippen LogP) is 0.836. The Kier molecular flexibility index (Phi) is 4.17. The van der Waals surface area contributed by atoms with Crippen LogP contribution in [0.5, 0.6) is 0 Å². The minimum absolute atomic E-state index is 0.162. The first-order valence-corrected chi connectivity index (χ1v) is 7.71. The van der Waals surface area contributed by atoms with Crippen molar-refractivity contribution in [2.75, 3.05) is 0 Å². The Bertz CT molecular complexity index is 602. The largest absolute Gasteiger partial charge is 0.341 e. The van der Waals surface area contributed by atoms with Gasteiger partial charge in [-0.15, -0.1) is 10.2 Å². The Labute approximate surface area is 128 Å². The summed E-state index contributed by atoms with van der Waals surface area (Å²) in [6, 6.07) is 0.173. The highest BCUT2D eigenvalue weighted by Crippen LogP contribution is 2.31. The summed E-state index contributed by atoms with van der Waals surface area (Å²) in [4.78, 5) is 23.3. The molecule has 1 atom stereocenters. The molecule has 0 bridgehead atoms. The van der Waals surface area contributed by atoms with Gasteiger partial charge in [0.1, 0.15) is 12.0 Å². The molecule has 8 nitrogen and oxygen atoms in total. The lowest BCUT2D eigenvalue weighted by Gasteiger charge is -2.19. The van der Waals surface area contributed by atoms with Gasteiger partial charge in [-0.05, 0) is 19.8 Å². The molecule has 2 amide bonds. The number of nitrogens with one attached hydrogen (secondary N) is 2. The van der Waals surface area contributed by atoms with E-state index in [1.165, 1.54) is 12.8 Å². The van der Waals surface area contributed by atoms with Crippen LogP contribution in [-0.2, 0) is 9.59 Å². The zero-order valence-corrected chi connectivity index (χ0v) is 12.6. The lowest BCUT2D eigenvalue weighted by molar-refractivity contribution is -0.121. The molecule has 0 radical (unpaired) electrons. The number of amides is 2. The molecule has 1 fully saturated rings. The van der Waals surface area contributed by atoms with E-state index in [0.717, 1.165) is 18.7 Å². The third kappa shape index (κ3) is 3.00. The van der Waals surface area contributed by atoms with Crippen LogP contribution in [0.25, 0.3) is 0 Å². The summed E-state index contributed by atoms with van der Waals surface area (Å²) in [5.74, 6) is 0.333. The molecule has 1 aromatic heterocycles. The standard InChI is InChI=1S/C14H20N6O2/c1-9(16-14(22)11-6-7-12(21)18-17-11)13-19-15-8-20(13)10-4-2-3-5-10/h8-10H,2-7H2,1H3,(H,16,22)(H,18,21)/t9-/m0/s1. The Morgan fingerprint density at radius 1 is 1.41 bits per heavy atom. The number of carbonyl (C=O) groups excluding carboxylic acids is 2. The molecule has 0 aromatic carbocycles. The molecule has 2 heterocycles. The minimum atomic E-state index is -0.270. The third-order valence-electron chi connectivity index (χ3n) is 4.22. The van der Waals surface area contributed by atoms with Gasteiger partial charge < -0.3 is 9.88 Å². The van der Waals surface area contributed by atoms with Gasteiger partial charge in [-0.3, -0.25) is 9.59 Å². The number of nitrogens with zero attached hydrogens (tertiary/aromatic N) is 4. The van der Waals surface area contributed by atoms with Gasteiger partial charge >= 0.3 is 0 Å². The average Bonchev–Trinajstić information content (AvgIpc) is 3.18. The van der Waals surface area contributed by atoms with E-state index in [0.29, 0.717) is 24.6 Å². The molecule has 2 N–H and O–H groups in total. The van der Waals surface area contributed by atoms with Gasteiger partial charge in [0, 0.05) is 18.9 Å². The molecule has 1 aliphatic carbocycles.